The van der Waals surface area contributed by atoms with Gasteiger partial charge in [0.2, 0.25) is 0 Å². The fourth-order valence-electron chi connectivity index (χ4n) is 5.03. The molecule has 1 amide bonds. The summed E-state index contributed by atoms with van der Waals surface area (Å²) in [5.41, 5.74) is 8.00. The molecule has 1 atom stereocenters. The van der Waals surface area contributed by atoms with E-state index in [1.807, 2.05) is 85.8 Å². The third kappa shape index (κ3) is 5.38. The van der Waals surface area contributed by atoms with E-state index in [1.165, 1.54) is 0 Å². The van der Waals surface area contributed by atoms with E-state index in [-0.39, 0.29) is 11.9 Å². The molecule has 6 heteroatoms. The molecule has 4 aromatic carbocycles. The van der Waals surface area contributed by atoms with Gasteiger partial charge in [-0.15, -0.1) is 0 Å². The number of aromatic nitrogens is 1. The molecule has 0 radical (unpaired) electrons. The molecule has 0 aliphatic carbocycles. The first-order valence-electron chi connectivity index (χ1n) is 12.8. The molecular formula is C33H29BrN2O3. The second-order valence-electron chi connectivity index (χ2n) is 9.83. The zero-order chi connectivity index (χ0) is 27.7. The van der Waals surface area contributed by atoms with Gasteiger partial charge in [-0.1, -0.05) is 70.5 Å². The van der Waals surface area contributed by atoms with Crippen LogP contribution in [0.15, 0.2) is 95.5 Å². The Morgan fingerprint density at radius 2 is 1.67 bits per heavy atom. The number of nitrogens with zero attached hydrogens (tertiary/aromatic N) is 1. The number of aryl methyl sites for hydroxylation is 1. The fourth-order valence-corrected chi connectivity index (χ4v) is 5.44. The molecule has 1 aromatic heterocycles. The standard InChI is InChI=1S/C33H29BrN2O3/c1-20-22(3)36(19-23-11-13-24(14-12-23)28-9-4-5-10-29(28)33(38)39)31-16-15-26(18-30(20)31)32(37)35-21(2)25-7-6-8-27(34)17-25/h4-18,21H,19H2,1-3H3,(H,35,37)(H,38,39). The Morgan fingerprint density at radius 3 is 2.38 bits per heavy atom. The van der Waals surface area contributed by atoms with Crippen LogP contribution in [-0.4, -0.2) is 21.6 Å². The van der Waals surface area contributed by atoms with Gasteiger partial charge in [0.25, 0.3) is 5.91 Å². The molecule has 1 heterocycles. The number of hydrogen-bond donors (Lipinski definition) is 2. The summed E-state index contributed by atoms with van der Waals surface area (Å²) in [7, 11) is 0. The molecule has 5 nitrogen and oxygen atoms in total. The number of halogens is 1. The number of nitrogens with one attached hydrogen (secondary N) is 1. The number of fused-ring (bicyclic) bond motifs is 1. The zero-order valence-corrected chi connectivity index (χ0v) is 23.6. The van der Waals surface area contributed by atoms with Crippen molar-refractivity contribution in [2.75, 3.05) is 0 Å². The molecule has 5 rings (SSSR count). The number of carboxylic acids is 1. The van der Waals surface area contributed by atoms with Crippen LogP contribution in [0, 0.1) is 13.8 Å². The molecule has 0 bridgehead atoms. The molecular weight excluding hydrogens is 552 g/mol. The number of benzene rings is 4. The molecule has 196 valence electrons. The van der Waals surface area contributed by atoms with Crippen molar-refractivity contribution in [1.82, 2.24) is 9.88 Å². The number of amides is 1. The van der Waals surface area contributed by atoms with E-state index in [1.54, 1.807) is 12.1 Å². The van der Waals surface area contributed by atoms with Crippen molar-refractivity contribution in [3.05, 3.63) is 129 Å². The van der Waals surface area contributed by atoms with E-state index < -0.39 is 5.97 Å². The van der Waals surface area contributed by atoms with Crippen molar-refractivity contribution < 1.29 is 14.7 Å². The Morgan fingerprint density at radius 1 is 0.923 bits per heavy atom. The average molecular weight is 582 g/mol. The topological polar surface area (TPSA) is 71.3 Å². The van der Waals surface area contributed by atoms with Crippen LogP contribution < -0.4 is 5.32 Å². The monoisotopic (exact) mass is 580 g/mol. The summed E-state index contributed by atoms with van der Waals surface area (Å²) in [6, 6.07) is 28.8. The largest absolute Gasteiger partial charge is 0.478 e. The van der Waals surface area contributed by atoms with Crippen molar-refractivity contribution in [2.24, 2.45) is 0 Å². The van der Waals surface area contributed by atoms with Gasteiger partial charge in [-0.05, 0) is 85.0 Å². The van der Waals surface area contributed by atoms with Crippen molar-refractivity contribution in [3.63, 3.8) is 0 Å². The summed E-state index contributed by atoms with van der Waals surface area (Å²) < 4.78 is 3.24. The maximum Gasteiger partial charge on any atom is 0.336 e. The molecule has 0 saturated carbocycles. The number of carboxylic acid groups (broad SMARTS) is 1. The van der Waals surface area contributed by atoms with E-state index in [4.69, 9.17) is 0 Å². The second kappa shape index (κ2) is 10.9. The fraction of sp³-hybridized carbons (Fsp3) is 0.152. The van der Waals surface area contributed by atoms with Crippen molar-refractivity contribution >= 4 is 38.7 Å². The maximum absolute atomic E-state index is 13.1. The highest BCUT2D eigenvalue weighted by Gasteiger charge is 2.17. The van der Waals surface area contributed by atoms with Crippen LogP contribution in [0.3, 0.4) is 0 Å². The summed E-state index contributed by atoms with van der Waals surface area (Å²) in [5.74, 6) is -1.04. The Labute approximate surface area is 236 Å². The van der Waals surface area contributed by atoms with Gasteiger partial charge in [0.15, 0.2) is 0 Å². The lowest BCUT2D eigenvalue weighted by molar-refractivity contribution is 0.0697. The van der Waals surface area contributed by atoms with E-state index >= 15 is 0 Å². The smallest absolute Gasteiger partial charge is 0.336 e. The molecule has 0 aliphatic rings. The van der Waals surface area contributed by atoms with Gasteiger partial charge in [-0.25, -0.2) is 4.79 Å². The minimum Gasteiger partial charge on any atom is -0.478 e. The van der Waals surface area contributed by atoms with E-state index in [0.29, 0.717) is 23.2 Å². The van der Waals surface area contributed by atoms with Crippen LogP contribution in [0.25, 0.3) is 22.0 Å². The first-order chi connectivity index (χ1) is 18.7. The molecule has 0 spiro atoms. The summed E-state index contributed by atoms with van der Waals surface area (Å²) in [6.45, 7) is 6.84. The summed E-state index contributed by atoms with van der Waals surface area (Å²) in [6.07, 6.45) is 0. The zero-order valence-electron chi connectivity index (χ0n) is 22.0. The van der Waals surface area contributed by atoms with Crippen LogP contribution in [0.5, 0.6) is 0 Å². The SMILES string of the molecule is Cc1c(C)n(Cc2ccc(-c3ccccc3C(=O)O)cc2)c2ccc(C(=O)NC(C)c3cccc(Br)c3)cc12. The van der Waals surface area contributed by atoms with Crippen LogP contribution in [0.4, 0.5) is 0 Å². The van der Waals surface area contributed by atoms with Gasteiger partial charge >= 0.3 is 5.97 Å². The van der Waals surface area contributed by atoms with Crippen LogP contribution in [-0.2, 0) is 6.54 Å². The lowest BCUT2D eigenvalue weighted by Gasteiger charge is -2.15. The van der Waals surface area contributed by atoms with Crippen molar-refractivity contribution in [2.45, 2.75) is 33.4 Å². The lowest BCUT2D eigenvalue weighted by atomic mass is 9.99. The van der Waals surface area contributed by atoms with Gasteiger partial charge in [-0.3, -0.25) is 4.79 Å². The minimum atomic E-state index is -0.935. The van der Waals surface area contributed by atoms with Gasteiger partial charge in [0.1, 0.15) is 0 Å². The quantitative estimate of drug-likeness (QED) is 0.205. The molecule has 0 saturated heterocycles. The van der Waals surface area contributed by atoms with Crippen LogP contribution in [0.1, 0.15) is 56.1 Å². The molecule has 1 unspecified atom stereocenters. The Hall–Kier alpha value is -4.16. The lowest BCUT2D eigenvalue weighted by Crippen LogP contribution is -2.26. The Kier molecular flexibility index (Phi) is 7.40. The highest BCUT2D eigenvalue weighted by molar-refractivity contribution is 9.10. The number of aromatic carboxylic acids is 1. The molecule has 2 N–H and O–H groups in total. The van der Waals surface area contributed by atoms with Crippen molar-refractivity contribution in [1.29, 1.82) is 0 Å². The maximum atomic E-state index is 13.1. The predicted octanol–water partition coefficient (Wildman–Crippen LogP) is 7.93. The Bertz CT molecular complexity index is 1700. The highest BCUT2D eigenvalue weighted by atomic mass is 79.9. The first kappa shape index (κ1) is 26.4. The number of hydrogen-bond acceptors (Lipinski definition) is 2. The number of carbonyl (C=O) groups is 2. The van der Waals surface area contributed by atoms with Crippen molar-refractivity contribution in [3.8, 4) is 11.1 Å². The summed E-state index contributed by atoms with van der Waals surface area (Å²) in [4.78, 5) is 24.7. The van der Waals surface area contributed by atoms with Gasteiger partial charge in [0.05, 0.1) is 11.6 Å². The number of rotatable bonds is 7. The van der Waals surface area contributed by atoms with Crippen LogP contribution in [0.2, 0.25) is 0 Å². The minimum absolute atomic E-state index is 0.105. The van der Waals surface area contributed by atoms with E-state index in [0.717, 1.165) is 43.3 Å². The third-order valence-corrected chi connectivity index (χ3v) is 7.85. The van der Waals surface area contributed by atoms with Crippen LogP contribution >= 0.6 is 15.9 Å². The van der Waals surface area contributed by atoms with Gasteiger partial charge in [-0.2, -0.15) is 0 Å². The summed E-state index contributed by atoms with van der Waals surface area (Å²) >= 11 is 3.50. The normalized spacial score (nSPS) is 11.9. The van der Waals surface area contributed by atoms with Gasteiger partial charge < -0.3 is 15.0 Å². The second-order valence-corrected chi connectivity index (χ2v) is 10.7. The summed E-state index contributed by atoms with van der Waals surface area (Å²) in [5, 5.41) is 13.7. The third-order valence-electron chi connectivity index (χ3n) is 7.36. The average Bonchev–Trinajstić information content (AvgIpc) is 3.17. The Balaban J connectivity index is 1.39. The molecule has 5 aromatic rings. The van der Waals surface area contributed by atoms with E-state index in [9.17, 15) is 14.7 Å². The number of carbonyl (C=O) groups excluding carboxylic acids is 1. The predicted molar refractivity (Wildman–Crippen MR) is 159 cm³/mol. The van der Waals surface area contributed by atoms with Gasteiger partial charge in [0, 0.05) is 33.2 Å². The molecule has 39 heavy (non-hydrogen) atoms. The molecule has 0 aliphatic heterocycles. The highest BCUT2D eigenvalue weighted by Crippen LogP contribution is 2.29. The van der Waals surface area contributed by atoms with E-state index in [2.05, 4.69) is 39.7 Å². The molecule has 0 fully saturated rings. The first-order valence-corrected chi connectivity index (χ1v) is 13.6.